The quantitative estimate of drug-likeness (QED) is 0.439. The Labute approximate surface area is 181 Å². The molecule has 4 nitrogen and oxygen atoms in total. The molecule has 0 saturated carbocycles. The predicted molar refractivity (Wildman–Crippen MR) is 123 cm³/mol. The summed E-state index contributed by atoms with van der Waals surface area (Å²) in [6.07, 6.45) is 5.00. The number of rotatable bonds is 4. The highest BCUT2D eigenvalue weighted by Crippen LogP contribution is 2.30. The van der Waals surface area contributed by atoms with E-state index in [1.54, 1.807) is 11.9 Å². The molecule has 0 N–H and O–H groups in total. The third kappa shape index (κ3) is 3.45. The molecule has 6 heteroatoms. The number of halogens is 1. The molecule has 2 heterocycles. The van der Waals surface area contributed by atoms with E-state index in [2.05, 4.69) is 35.9 Å². The second-order valence-electron chi connectivity index (χ2n) is 7.24. The number of thiocarbonyl (C=S) groups is 1. The number of hydrogen-bond donors (Lipinski definition) is 0. The van der Waals surface area contributed by atoms with Gasteiger partial charge in [-0.3, -0.25) is 9.69 Å². The second-order valence-corrected chi connectivity index (χ2v) is 8.04. The highest BCUT2D eigenvalue weighted by molar-refractivity contribution is 7.80. The van der Waals surface area contributed by atoms with E-state index in [0.29, 0.717) is 10.8 Å². The summed E-state index contributed by atoms with van der Waals surface area (Å²) in [6.45, 7) is 2.89. The topological polar surface area (TPSA) is 28.5 Å². The summed E-state index contributed by atoms with van der Waals surface area (Å²) < 4.78 is 2.26. The normalized spacial score (nSPS) is 15.9. The molecule has 1 aromatic heterocycles. The molecule has 1 amide bonds. The fourth-order valence-electron chi connectivity index (χ4n) is 3.81. The Kier molecular flexibility index (Phi) is 5.19. The van der Waals surface area contributed by atoms with Crippen LogP contribution in [0.15, 0.2) is 54.4 Å². The first kappa shape index (κ1) is 19.7. The summed E-state index contributed by atoms with van der Waals surface area (Å²) >= 11 is 11.4. The molecule has 1 aliphatic rings. The van der Waals surface area contributed by atoms with Crippen LogP contribution >= 0.6 is 23.8 Å². The molecule has 0 radical (unpaired) electrons. The fourth-order valence-corrected chi connectivity index (χ4v) is 4.12. The van der Waals surface area contributed by atoms with E-state index in [1.807, 2.05) is 37.4 Å². The molecule has 0 atom stereocenters. The van der Waals surface area contributed by atoms with Gasteiger partial charge in [0.1, 0.15) is 5.70 Å². The lowest BCUT2D eigenvalue weighted by molar-refractivity contribution is -0.121. The van der Waals surface area contributed by atoms with Gasteiger partial charge in [-0.05, 0) is 48.0 Å². The van der Waals surface area contributed by atoms with E-state index in [1.165, 1.54) is 21.5 Å². The minimum Gasteiger partial charge on any atom is -0.342 e. The van der Waals surface area contributed by atoms with Crippen LogP contribution in [0.4, 0.5) is 0 Å². The van der Waals surface area contributed by atoms with Gasteiger partial charge in [0.05, 0.1) is 5.52 Å². The molecule has 3 aromatic rings. The van der Waals surface area contributed by atoms with E-state index >= 15 is 0 Å². The van der Waals surface area contributed by atoms with Gasteiger partial charge in [-0.2, -0.15) is 0 Å². The zero-order valence-corrected chi connectivity index (χ0v) is 18.2. The first-order valence-corrected chi connectivity index (χ1v) is 10.3. The van der Waals surface area contributed by atoms with Crippen LogP contribution in [0.2, 0.25) is 5.02 Å². The van der Waals surface area contributed by atoms with Crippen molar-refractivity contribution in [3.8, 4) is 0 Å². The summed E-state index contributed by atoms with van der Waals surface area (Å²) in [6, 6.07) is 14.3. The average molecular weight is 424 g/mol. The first-order chi connectivity index (χ1) is 13.9. The van der Waals surface area contributed by atoms with Gasteiger partial charge < -0.3 is 9.47 Å². The Balaban J connectivity index is 1.85. The zero-order chi connectivity index (χ0) is 20.7. The van der Waals surface area contributed by atoms with E-state index in [0.717, 1.165) is 28.9 Å². The summed E-state index contributed by atoms with van der Waals surface area (Å²) in [4.78, 5) is 15.9. The van der Waals surface area contributed by atoms with Crippen molar-refractivity contribution in [1.82, 2.24) is 14.4 Å². The Morgan fingerprint density at radius 2 is 1.79 bits per heavy atom. The third-order valence-electron chi connectivity index (χ3n) is 5.41. The van der Waals surface area contributed by atoms with Crippen molar-refractivity contribution < 1.29 is 4.79 Å². The Morgan fingerprint density at radius 1 is 1.07 bits per heavy atom. The number of fused-ring (bicyclic) bond motifs is 1. The summed E-state index contributed by atoms with van der Waals surface area (Å²) in [5.41, 5.74) is 5.24. The summed E-state index contributed by atoms with van der Waals surface area (Å²) in [5.74, 6) is -0.0808. The van der Waals surface area contributed by atoms with E-state index in [-0.39, 0.29) is 5.91 Å². The maximum atomic E-state index is 12.6. The highest BCUT2D eigenvalue weighted by atomic mass is 35.5. The monoisotopic (exact) mass is 423 g/mol. The number of para-hydroxylation sites is 1. The summed E-state index contributed by atoms with van der Waals surface area (Å²) in [5, 5.41) is 2.38. The minimum absolute atomic E-state index is 0.0808. The number of aryl methyl sites for hydroxylation is 1. The number of likely N-dealkylation sites (N-methyl/N-ethyl adjacent to an activating group) is 2. The van der Waals surface area contributed by atoms with Gasteiger partial charge >= 0.3 is 0 Å². The lowest BCUT2D eigenvalue weighted by atomic mass is 10.1. The SMILES string of the molecule is CCc1cccc2c(/C=C3/C(=O)N(C)C(=S)N3C)cn(Cc3ccc(Cl)cc3)c12. The number of nitrogens with zero attached hydrogens (tertiary/aromatic N) is 3. The molecule has 0 aliphatic carbocycles. The molecule has 148 valence electrons. The van der Waals surface area contributed by atoms with Crippen LogP contribution in [0.5, 0.6) is 0 Å². The van der Waals surface area contributed by atoms with Crippen molar-refractivity contribution in [3.05, 3.63) is 76.1 Å². The van der Waals surface area contributed by atoms with Crippen molar-refractivity contribution in [2.24, 2.45) is 0 Å². The maximum Gasteiger partial charge on any atom is 0.276 e. The number of amides is 1. The molecule has 2 aromatic carbocycles. The molecule has 4 rings (SSSR count). The Hall–Kier alpha value is -2.63. The number of carbonyl (C=O) groups excluding carboxylic acids is 1. The van der Waals surface area contributed by atoms with Crippen molar-refractivity contribution in [1.29, 1.82) is 0 Å². The molecule has 1 aliphatic heterocycles. The Bertz CT molecular complexity index is 1150. The standard InChI is InChI=1S/C23H22ClN3OS/c1-4-16-6-5-7-19-17(12-20-22(28)26(3)23(29)25(20)2)14-27(21(16)19)13-15-8-10-18(24)11-9-15/h5-12,14H,4,13H2,1-3H3/b20-12-. The van der Waals surface area contributed by atoms with Crippen LogP contribution < -0.4 is 0 Å². The van der Waals surface area contributed by atoms with E-state index in [9.17, 15) is 4.79 Å². The molecular weight excluding hydrogens is 402 g/mol. The number of benzene rings is 2. The van der Waals surface area contributed by atoms with Crippen molar-refractivity contribution in [3.63, 3.8) is 0 Å². The van der Waals surface area contributed by atoms with E-state index < -0.39 is 0 Å². The van der Waals surface area contributed by atoms with Gasteiger partial charge in [-0.15, -0.1) is 0 Å². The van der Waals surface area contributed by atoms with Crippen molar-refractivity contribution in [2.75, 3.05) is 14.1 Å². The highest BCUT2D eigenvalue weighted by Gasteiger charge is 2.33. The second kappa shape index (κ2) is 7.65. The lowest BCUT2D eigenvalue weighted by Gasteiger charge is -2.10. The van der Waals surface area contributed by atoms with Crippen molar-refractivity contribution >= 4 is 51.8 Å². The van der Waals surface area contributed by atoms with Crippen LogP contribution in [0.3, 0.4) is 0 Å². The molecule has 1 saturated heterocycles. The van der Waals surface area contributed by atoms with Crippen molar-refractivity contribution in [2.45, 2.75) is 19.9 Å². The van der Waals surface area contributed by atoms with Crippen LogP contribution in [-0.4, -0.2) is 39.5 Å². The largest absolute Gasteiger partial charge is 0.342 e. The average Bonchev–Trinajstić information content (AvgIpc) is 3.16. The van der Waals surface area contributed by atoms with Crippen LogP contribution in [0, 0.1) is 0 Å². The number of hydrogen-bond acceptors (Lipinski definition) is 2. The smallest absolute Gasteiger partial charge is 0.276 e. The molecule has 1 fully saturated rings. The maximum absolute atomic E-state index is 12.6. The minimum atomic E-state index is -0.0808. The fraction of sp³-hybridized carbons (Fsp3) is 0.217. The van der Waals surface area contributed by atoms with Gasteiger partial charge in [0.15, 0.2) is 5.11 Å². The van der Waals surface area contributed by atoms with Crippen LogP contribution in [0.25, 0.3) is 17.0 Å². The molecule has 0 spiro atoms. The lowest BCUT2D eigenvalue weighted by Crippen LogP contribution is -2.26. The molecule has 0 bridgehead atoms. The van der Waals surface area contributed by atoms with Crippen LogP contribution in [-0.2, 0) is 17.8 Å². The van der Waals surface area contributed by atoms with Gasteiger partial charge in [0.2, 0.25) is 0 Å². The number of carbonyl (C=O) groups is 1. The number of aromatic nitrogens is 1. The van der Waals surface area contributed by atoms with Crippen LogP contribution in [0.1, 0.15) is 23.6 Å². The van der Waals surface area contributed by atoms with Gasteiger partial charge in [-0.25, -0.2) is 0 Å². The van der Waals surface area contributed by atoms with Gasteiger partial charge in [0, 0.05) is 42.8 Å². The molecule has 29 heavy (non-hydrogen) atoms. The molecular formula is C23H22ClN3OS. The zero-order valence-electron chi connectivity index (χ0n) is 16.6. The van der Waals surface area contributed by atoms with Gasteiger partial charge in [0.25, 0.3) is 5.91 Å². The first-order valence-electron chi connectivity index (χ1n) is 9.53. The molecule has 0 unspecified atom stereocenters. The van der Waals surface area contributed by atoms with Gasteiger partial charge in [-0.1, -0.05) is 48.9 Å². The summed E-state index contributed by atoms with van der Waals surface area (Å²) in [7, 11) is 3.54. The Morgan fingerprint density at radius 3 is 2.41 bits per heavy atom. The predicted octanol–water partition coefficient (Wildman–Crippen LogP) is 4.94. The third-order valence-corrected chi connectivity index (χ3v) is 6.21. The van der Waals surface area contributed by atoms with E-state index in [4.69, 9.17) is 23.8 Å².